The van der Waals surface area contributed by atoms with Crippen LogP contribution in [0.5, 0.6) is 0 Å². The topological polar surface area (TPSA) is 51.8 Å². The molecule has 0 radical (unpaired) electrons. The third-order valence-electron chi connectivity index (χ3n) is 2.17. The van der Waals surface area contributed by atoms with Crippen molar-refractivity contribution in [2.24, 2.45) is 5.73 Å². The Balaban J connectivity index is 0.00000128. The second-order valence-corrected chi connectivity index (χ2v) is 3.36. The minimum Gasteiger partial charge on any atom is -0.325 e. The van der Waals surface area contributed by atoms with Gasteiger partial charge in [0.05, 0.1) is 11.4 Å². The fraction of sp³-hybridized carbons (Fsp3) is 0.167. The molecule has 0 saturated heterocycles. The highest BCUT2D eigenvalue weighted by Gasteiger charge is 2.02. The van der Waals surface area contributed by atoms with Gasteiger partial charge in [-0.15, -0.1) is 12.4 Å². The predicted molar refractivity (Wildman–Crippen MR) is 67.3 cm³/mol. The number of hydrogen-bond acceptors (Lipinski definition) is 3. The molecule has 0 atom stereocenters. The van der Waals surface area contributed by atoms with E-state index in [0.29, 0.717) is 6.54 Å². The van der Waals surface area contributed by atoms with Crippen molar-refractivity contribution in [1.82, 2.24) is 9.97 Å². The van der Waals surface area contributed by atoms with Crippen molar-refractivity contribution >= 4 is 12.4 Å². The normalized spacial score (nSPS) is 9.62. The molecule has 0 aliphatic rings. The summed E-state index contributed by atoms with van der Waals surface area (Å²) in [5, 5.41) is 0. The van der Waals surface area contributed by atoms with Crippen LogP contribution in [0.4, 0.5) is 0 Å². The Hall–Kier alpha value is -1.45. The average molecular weight is 236 g/mol. The van der Waals surface area contributed by atoms with Crippen LogP contribution in [0.1, 0.15) is 11.5 Å². The molecular weight excluding hydrogens is 222 g/mol. The highest BCUT2D eigenvalue weighted by atomic mass is 35.5. The molecule has 0 aliphatic heterocycles. The van der Waals surface area contributed by atoms with Crippen LogP contribution < -0.4 is 5.73 Å². The molecule has 0 saturated carbocycles. The Labute approximate surface area is 101 Å². The van der Waals surface area contributed by atoms with Gasteiger partial charge in [-0.2, -0.15) is 0 Å². The van der Waals surface area contributed by atoms with Crippen molar-refractivity contribution in [1.29, 1.82) is 0 Å². The van der Waals surface area contributed by atoms with Crippen molar-refractivity contribution in [3.05, 3.63) is 47.9 Å². The van der Waals surface area contributed by atoms with E-state index in [1.165, 1.54) is 0 Å². The van der Waals surface area contributed by atoms with E-state index >= 15 is 0 Å². The van der Waals surface area contributed by atoms with E-state index < -0.39 is 0 Å². The lowest BCUT2D eigenvalue weighted by Gasteiger charge is -2.04. The van der Waals surface area contributed by atoms with Crippen LogP contribution in [0.2, 0.25) is 0 Å². The molecule has 4 heteroatoms. The summed E-state index contributed by atoms with van der Waals surface area (Å²) < 4.78 is 0. The first-order chi connectivity index (χ1) is 7.29. The van der Waals surface area contributed by atoms with Crippen molar-refractivity contribution in [2.75, 3.05) is 0 Å². The van der Waals surface area contributed by atoms with E-state index in [1.807, 2.05) is 43.3 Å². The van der Waals surface area contributed by atoms with Crippen LogP contribution in [0.15, 0.2) is 36.4 Å². The van der Waals surface area contributed by atoms with Gasteiger partial charge in [-0.1, -0.05) is 30.3 Å². The van der Waals surface area contributed by atoms with Crippen molar-refractivity contribution in [3.8, 4) is 11.3 Å². The Kier molecular flexibility index (Phi) is 4.40. The Morgan fingerprint density at radius 3 is 2.44 bits per heavy atom. The largest absolute Gasteiger partial charge is 0.325 e. The zero-order valence-electron chi connectivity index (χ0n) is 9.05. The minimum atomic E-state index is 0. The van der Waals surface area contributed by atoms with Gasteiger partial charge < -0.3 is 5.73 Å². The molecule has 84 valence electrons. The summed E-state index contributed by atoms with van der Waals surface area (Å²) in [6.07, 6.45) is 0. The molecule has 2 N–H and O–H groups in total. The van der Waals surface area contributed by atoms with Gasteiger partial charge in [-0.3, -0.25) is 0 Å². The number of aryl methyl sites for hydroxylation is 1. The summed E-state index contributed by atoms with van der Waals surface area (Å²) in [7, 11) is 0. The van der Waals surface area contributed by atoms with E-state index in [0.717, 1.165) is 22.8 Å². The Morgan fingerprint density at radius 2 is 1.81 bits per heavy atom. The molecule has 3 nitrogen and oxygen atoms in total. The summed E-state index contributed by atoms with van der Waals surface area (Å²) in [4.78, 5) is 8.63. The van der Waals surface area contributed by atoms with Crippen molar-refractivity contribution < 1.29 is 0 Å². The molecule has 1 aromatic carbocycles. The number of benzene rings is 1. The summed E-state index contributed by atoms with van der Waals surface area (Å²) in [6, 6.07) is 12.0. The average Bonchev–Trinajstić information content (AvgIpc) is 2.29. The number of rotatable bonds is 2. The summed E-state index contributed by atoms with van der Waals surface area (Å²) in [6.45, 7) is 2.33. The zero-order valence-corrected chi connectivity index (χ0v) is 9.87. The molecule has 0 bridgehead atoms. The van der Waals surface area contributed by atoms with Gasteiger partial charge in [0, 0.05) is 12.1 Å². The number of nitrogens with two attached hydrogens (primary N) is 1. The first-order valence-corrected chi connectivity index (χ1v) is 4.89. The van der Waals surface area contributed by atoms with E-state index in [2.05, 4.69) is 9.97 Å². The van der Waals surface area contributed by atoms with E-state index in [-0.39, 0.29) is 12.4 Å². The quantitative estimate of drug-likeness (QED) is 0.869. The van der Waals surface area contributed by atoms with E-state index in [1.54, 1.807) is 0 Å². The maximum atomic E-state index is 5.58. The molecule has 1 heterocycles. The molecule has 2 rings (SSSR count). The summed E-state index contributed by atoms with van der Waals surface area (Å²) >= 11 is 0. The van der Waals surface area contributed by atoms with Gasteiger partial charge in [0.25, 0.3) is 0 Å². The van der Waals surface area contributed by atoms with Gasteiger partial charge in [0.2, 0.25) is 0 Å². The monoisotopic (exact) mass is 235 g/mol. The van der Waals surface area contributed by atoms with Crippen LogP contribution in [-0.4, -0.2) is 9.97 Å². The number of aromatic nitrogens is 2. The van der Waals surface area contributed by atoms with Crippen LogP contribution in [0.25, 0.3) is 11.3 Å². The molecule has 0 fully saturated rings. The van der Waals surface area contributed by atoms with Crippen molar-refractivity contribution in [3.63, 3.8) is 0 Å². The number of nitrogens with zero attached hydrogens (tertiary/aromatic N) is 2. The van der Waals surface area contributed by atoms with Gasteiger partial charge in [0.1, 0.15) is 5.82 Å². The highest BCUT2D eigenvalue weighted by Crippen LogP contribution is 2.16. The standard InChI is InChI=1S/C12H13N3.ClH/c1-9-14-11(8-13)7-12(15-9)10-5-3-2-4-6-10;/h2-7H,8,13H2,1H3;1H. The van der Waals surface area contributed by atoms with Gasteiger partial charge >= 0.3 is 0 Å². The van der Waals surface area contributed by atoms with Crippen molar-refractivity contribution in [2.45, 2.75) is 13.5 Å². The molecule has 0 aliphatic carbocycles. The van der Waals surface area contributed by atoms with Crippen LogP contribution in [0.3, 0.4) is 0 Å². The van der Waals surface area contributed by atoms with Crippen LogP contribution in [0, 0.1) is 6.92 Å². The molecule has 0 amide bonds. The first kappa shape index (κ1) is 12.6. The molecule has 1 aromatic heterocycles. The molecular formula is C12H14ClN3. The highest BCUT2D eigenvalue weighted by molar-refractivity contribution is 5.85. The fourth-order valence-electron chi connectivity index (χ4n) is 1.49. The maximum Gasteiger partial charge on any atom is 0.126 e. The first-order valence-electron chi connectivity index (χ1n) is 4.89. The van der Waals surface area contributed by atoms with E-state index in [4.69, 9.17) is 5.73 Å². The van der Waals surface area contributed by atoms with Gasteiger partial charge in [0.15, 0.2) is 0 Å². The summed E-state index contributed by atoms with van der Waals surface area (Å²) in [5.41, 5.74) is 8.48. The predicted octanol–water partition coefficient (Wildman–Crippen LogP) is 2.33. The minimum absolute atomic E-state index is 0. The third kappa shape index (κ3) is 2.78. The number of halogens is 1. The van der Waals surface area contributed by atoms with Crippen LogP contribution >= 0.6 is 12.4 Å². The second-order valence-electron chi connectivity index (χ2n) is 3.36. The van der Waals surface area contributed by atoms with Gasteiger partial charge in [-0.05, 0) is 13.0 Å². The molecule has 0 unspecified atom stereocenters. The Bertz CT molecular complexity index is 457. The second kappa shape index (κ2) is 5.58. The lowest BCUT2D eigenvalue weighted by Crippen LogP contribution is -2.03. The lowest BCUT2D eigenvalue weighted by atomic mass is 10.1. The third-order valence-corrected chi connectivity index (χ3v) is 2.17. The molecule has 0 spiro atoms. The Morgan fingerprint density at radius 1 is 1.12 bits per heavy atom. The van der Waals surface area contributed by atoms with E-state index in [9.17, 15) is 0 Å². The zero-order chi connectivity index (χ0) is 10.7. The fourth-order valence-corrected chi connectivity index (χ4v) is 1.49. The maximum absolute atomic E-state index is 5.58. The SMILES string of the molecule is Cc1nc(CN)cc(-c2ccccc2)n1.Cl. The van der Waals surface area contributed by atoms with Gasteiger partial charge in [-0.25, -0.2) is 9.97 Å². The molecule has 16 heavy (non-hydrogen) atoms. The summed E-state index contributed by atoms with van der Waals surface area (Å²) in [5.74, 6) is 0.761. The number of hydrogen-bond donors (Lipinski definition) is 1. The smallest absolute Gasteiger partial charge is 0.126 e. The lowest BCUT2D eigenvalue weighted by molar-refractivity contribution is 0.929. The molecule has 2 aromatic rings. The van der Waals surface area contributed by atoms with Crippen LogP contribution in [-0.2, 0) is 6.54 Å².